The van der Waals surface area contributed by atoms with Gasteiger partial charge in [-0.1, -0.05) is 13.3 Å². The fourth-order valence-corrected chi connectivity index (χ4v) is 3.41. The van der Waals surface area contributed by atoms with Crippen LogP contribution in [0.25, 0.3) is 0 Å². The summed E-state index contributed by atoms with van der Waals surface area (Å²) in [5.74, 6) is 0.909. The third-order valence-electron chi connectivity index (χ3n) is 3.76. The van der Waals surface area contributed by atoms with E-state index in [1.807, 2.05) is 0 Å². The van der Waals surface area contributed by atoms with Crippen molar-refractivity contribution in [3.8, 4) is 0 Å². The van der Waals surface area contributed by atoms with Gasteiger partial charge in [-0.2, -0.15) is 0 Å². The number of hydrogen-bond donors (Lipinski definition) is 2. The zero-order valence-corrected chi connectivity index (χ0v) is 12.5. The lowest BCUT2D eigenvalue weighted by Gasteiger charge is -2.09. The molecule has 0 bridgehead atoms. The second kappa shape index (κ2) is 5.57. The highest BCUT2D eigenvalue weighted by Gasteiger charge is 2.24. The van der Waals surface area contributed by atoms with E-state index in [1.54, 1.807) is 0 Å². The first-order valence-corrected chi connectivity index (χ1v) is 8.23. The number of nitrogens with two attached hydrogens (primary N) is 1. The molecule has 2 unspecified atom stereocenters. The highest BCUT2D eigenvalue weighted by atomic mass is 32.2. The van der Waals surface area contributed by atoms with Gasteiger partial charge in [0.05, 0.1) is 0 Å². The fraction of sp³-hybridized carbons (Fsp3) is 0.615. The van der Waals surface area contributed by atoms with Crippen LogP contribution in [0.1, 0.15) is 42.5 Å². The molecule has 0 spiro atoms. The zero-order valence-electron chi connectivity index (χ0n) is 11.7. The average Bonchev–Trinajstić information content (AvgIpc) is 2.91. The van der Waals surface area contributed by atoms with Crippen LogP contribution in [0.5, 0.6) is 0 Å². The quantitative estimate of drug-likeness (QED) is 0.877. The van der Waals surface area contributed by atoms with Gasteiger partial charge in [0.15, 0.2) is 5.76 Å². The molecular formula is C13H20N2O4S. The summed E-state index contributed by atoms with van der Waals surface area (Å²) < 4.78 is 27.7. The maximum atomic E-state index is 11.9. The lowest BCUT2D eigenvalue weighted by atomic mass is 10.1. The maximum absolute atomic E-state index is 11.9. The van der Waals surface area contributed by atoms with Gasteiger partial charge in [0, 0.05) is 12.6 Å². The van der Waals surface area contributed by atoms with Crippen LogP contribution in [0.2, 0.25) is 0 Å². The van der Waals surface area contributed by atoms with E-state index in [4.69, 9.17) is 9.56 Å². The number of primary sulfonamides is 1. The third kappa shape index (κ3) is 3.40. The van der Waals surface area contributed by atoms with Crippen LogP contribution in [-0.4, -0.2) is 20.9 Å². The van der Waals surface area contributed by atoms with Crippen molar-refractivity contribution >= 4 is 15.9 Å². The standard InChI is InChI=1S/C13H20N2O4S/c1-8-3-4-10(5-8)7-15-13(16)11-6-12(9(2)19-11)20(14,17)18/h6,8,10H,3-5,7H2,1-2H3,(H,15,16)(H2,14,17,18). The number of carbonyl (C=O) groups is 1. The van der Waals surface area contributed by atoms with Crippen molar-refractivity contribution in [2.24, 2.45) is 17.0 Å². The van der Waals surface area contributed by atoms with Crippen LogP contribution in [0.15, 0.2) is 15.4 Å². The Morgan fingerprint density at radius 1 is 1.50 bits per heavy atom. The van der Waals surface area contributed by atoms with Gasteiger partial charge in [0.25, 0.3) is 5.91 Å². The monoisotopic (exact) mass is 300 g/mol. The van der Waals surface area contributed by atoms with Gasteiger partial charge in [-0.05, 0) is 31.6 Å². The first kappa shape index (κ1) is 15.1. The van der Waals surface area contributed by atoms with E-state index in [9.17, 15) is 13.2 Å². The van der Waals surface area contributed by atoms with Crippen LogP contribution in [0.4, 0.5) is 0 Å². The Labute approximate surface area is 118 Å². The number of aryl methyl sites for hydroxylation is 1. The van der Waals surface area contributed by atoms with Gasteiger partial charge in [-0.15, -0.1) is 0 Å². The second-order valence-electron chi connectivity index (χ2n) is 5.57. The number of amides is 1. The largest absolute Gasteiger partial charge is 0.455 e. The maximum Gasteiger partial charge on any atom is 0.287 e. The molecule has 3 N–H and O–H groups in total. The number of rotatable bonds is 4. The Morgan fingerprint density at radius 3 is 2.70 bits per heavy atom. The number of nitrogens with one attached hydrogen (secondary N) is 1. The Kier molecular flexibility index (Phi) is 4.19. The smallest absolute Gasteiger partial charge is 0.287 e. The molecule has 1 fully saturated rings. The van der Waals surface area contributed by atoms with E-state index in [2.05, 4.69) is 12.2 Å². The van der Waals surface area contributed by atoms with Crippen molar-refractivity contribution in [2.45, 2.75) is 38.0 Å². The van der Waals surface area contributed by atoms with Crippen molar-refractivity contribution < 1.29 is 17.6 Å². The fourth-order valence-electron chi connectivity index (χ4n) is 2.69. The molecule has 1 aliphatic rings. The van der Waals surface area contributed by atoms with Crippen LogP contribution in [0, 0.1) is 18.8 Å². The van der Waals surface area contributed by atoms with Crippen molar-refractivity contribution in [3.05, 3.63) is 17.6 Å². The summed E-state index contributed by atoms with van der Waals surface area (Å²) in [5, 5.41) is 7.83. The molecule has 0 aliphatic heterocycles. The molecule has 1 aromatic heterocycles. The van der Waals surface area contributed by atoms with Gasteiger partial charge >= 0.3 is 0 Å². The minimum Gasteiger partial charge on any atom is -0.455 e. The lowest BCUT2D eigenvalue weighted by molar-refractivity contribution is 0.0918. The molecule has 1 aromatic rings. The topological polar surface area (TPSA) is 102 Å². The molecule has 1 saturated carbocycles. The summed E-state index contributed by atoms with van der Waals surface area (Å²) in [4.78, 5) is 11.8. The van der Waals surface area contributed by atoms with Crippen LogP contribution in [0.3, 0.4) is 0 Å². The lowest BCUT2D eigenvalue weighted by Crippen LogP contribution is -2.28. The Balaban J connectivity index is 2.00. The molecule has 20 heavy (non-hydrogen) atoms. The first-order valence-electron chi connectivity index (χ1n) is 6.69. The first-order chi connectivity index (χ1) is 9.27. The van der Waals surface area contributed by atoms with Gasteiger partial charge < -0.3 is 9.73 Å². The number of hydrogen-bond acceptors (Lipinski definition) is 4. The van der Waals surface area contributed by atoms with Gasteiger partial charge in [0.2, 0.25) is 10.0 Å². The molecular weight excluding hydrogens is 280 g/mol. The van der Waals surface area contributed by atoms with E-state index in [0.29, 0.717) is 18.4 Å². The number of furan rings is 1. The van der Waals surface area contributed by atoms with E-state index in [-0.39, 0.29) is 16.4 Å². The van der Waals surface area contributed by atoms with Crippen LogP contribution < -0.4 is 10.5 Å². The van der Waals surface area contributed by atoms with Crippen LogP contribution >= 0.6 is 0 Å². The Morgan fingerprint density at radius 2 is 2.20 bits per heavy atom. The molecule has 2 atom stereocenters. The summed E-state index contributed by atoms with van der Waals surface area (Å²) in [6, 6.07) is 1.18. The van der Waals surface area contributed by atoms with Crippen molar-refractivity contribution in [1.29, 1.82) is 0 Å². The molecule has 2 rings (SSSR count). The SMILES string of the molecule is Cc1oc(C(=O)NCC2CCC(C)C2)cc1S(N)(=O)=O. The molecule has 1 amide bonds. The molecule has 0 radical (unpaired) electrons. The molecule has 6 nitrogen and oxygen atoms in total. The normalized spacial score (nSPS) is 22.9. The molecule has 0 saturated heterocycles. The summed E-state index contributed by atoms with van der Waals surface area (Å²) in [7, 11) is -3.86. The predicted octanol–water partition coefficient (Wildman–Crippen LogP) is 1.40. The number of carbonyl (C=O) groups excluding carboxylic acids is 1. The van der Waals surface area contributed by atoms with Crippen LogP contribution in [-0.2, 0) is 10.0 Å². The van der Waals surface area contributed by atoms with E-state index >= 15 is 0 Å². The van der Waals surface area contributed by atoms with Gasteiger partial charge in [-0.3, -0.25) is 4.79 Å². The molecule has 7 heteroatoms. The predicted molar refractivity (Wildman–Crippen MR) is 73.7 cm³/mol. The average molecular weight is 300 g/mol. The van der Waals surface area contributed by atoms with E-state index in [1.165, 1.54) is 19.4 Å². The van der Waals surface area contributed by atoms with E-state index in [0.717, 1.165) is 12.8 Å². The second-order valence-corrected chi connectivity index (χ2v) is 7.10. The van der Waals surface area contributed by atoms with Crippen molar-refractivity contribution in [2.75, 3.05) is 6.54 Å². The summed E-state index contributed by atoms with van der Waals surface area (Å²) in [6.45, 7) is 4.26. The molecule has 1 heterocycles. The highest BCUT2D eigenvalue weighted by molar-refractivity contribution is 7.89. The Bertz CT molecular complexity index is 606. The molecule has 0 aromatic carbocycles. The minimum atomic E-state index is -3.86. The number of sulfonamides is 1. The summed E-state index contributed by atoms with van der Waals surface area (Å²) in [5.41, 5.74) is 0. The third-order valence-corrected chi connectivity index (χ3v) is 4.78. The summed E-state index contributed by atoms with van der Waals surface area (Å²) >= 11 is 0. The molecule has 112 valence electrons. The molecule has 1 aliphatic carbocycles. The minimum absolute atomic E-state index is 0.0161. The Hall–Kier alpha value is -1.34. The zero-order chi connectivity index (χ0) is 14.9. The van der Waals surface area contributed by atoms with E-state index < -0.39 is 15.9 Å². The van der Waals surface area contributed by atoms with Crippen molar-refractivity contribution in [3.63, 3.8) is 0 Å². The van der Waals surface area contributed by atoms with Gasteiger partial charge in [0.1, 0.15) is 10.7 Å². The van der Waals surface area contributed by atoms with Crippen molar-refractivity contribution in [1.82, 2.24) is 5.32 Å². The highest BCUT2D eigenvalue weighted by Crippen LogP contribution is 2.29. The summed E-state index contributed by atoms with van der Waals surface area (Å²) in [6.07, 6.45) is 3.41. The van der Waals surface area contributed by atoms with Gasteiger partial charge in [-0.25, -0.2) is 13.6 Å².